The van der Waals surface area contributed by atoms with Gasteiger partial charge in [-0.2, -0.15) is 13.2 Å². The van der Waals surface area contributed by atoms with Crippen molar-refractivity contribution in [2.24, 2.45) is 0 Å². The molecule has 1 rings (SSSR count). The summed E-state index contributed by atoms with van der Waals surface area (Å²) in [5.74, 6) is -0.877. The molecule has 1 unspecified atom stereocenters. The topological polar surface area (TPSA) is 26.3 Å². The molecule has 0 N–H and O–H groups in total. The minimum Gasteiger partial charge on any atom is -0.398 e. The van der Waals surface area contributed by atoms with Crippen molar-refractivity contribution < 1.29 is 26.0 Å². The number of benzene rings is 1. The second-order valence-corrected chi connectivity index (χ2v) is 9.52. The molecule has 1 atom stereocenters. The van der Waals surface area contributed by atoms with Crippen molar-refractivity contribution in [1.82, 2.24) is 0 Å². The Kier molecular flexibility index (Phi) is 4.08. The van der Waals surface area contributed by atoms with Crippen LogP contribution in [0.5, 0.6) is 5.75 Å². The first-order chi connectivity index (χ1) is 7.67. The highest BCUT2D eigenvalue weighted by molar-refractivity contribution is 8.45. The van der Waals surface area contributed by atoms with Crippen LogP contribution < -0.4 is 4.18 Å². The average Bonchev–Trinajstić information content (AvgIpc) is 2.19. The van der Waals surface area contributed by atoms with Crippen molar-refractivity contribution in [3.05, 3.63) is 30.1 Å². The highest BCUT2D eigenvalue weighted by atomic mass is 32.9. The fourth-order valence-electron chi connectivity index (χ4n) is 0.921. The highest BCUT2D eigenvalue weighted by Gasteiger charge is 2.45. The van der Waals surface area contributed by atoms with Gasteiger partial charge in [0.05, 0.1) is 0 Å². The second kappa shape index (κ2) is 4.85. The van der Waals surface area contributed by atoms with Crippen LogP contribution in [0.1, 0.15) is 0 Å². The lowest BCUT2D eigenvalue weighted by Crippen LogP contribution is -2.31. The molecule has 0 aromatic heterocycles. The predicted octanol–water partition coefficient (Wildman–Crippen LogP) is 2.72. The molecule has 2 nitrogen and oxygen atoms in total. The number of hydrogen-bond acceptors (Lipinski definition) is 2. The van der Waals surface area contributed by atoms with Gasteiger partial charge in [-0.3, -0.25) is 0 Å². The maximum Gasteiger partial charge on any atom is 0.502 e. The van der Waals surface area contributed by atoms with Gasteiger partial charge in [0.1, 0.15) is 11.6 Å². The lowest BCUT2D eigenvalue weighted by Gasteiger charge is -2.17. The van der Waals surface area contributed by atoms with Crippen molar-refractivity contribution in [3.63, 3.8) is 0 Å². The summed E-state index contributed by atoms with van der Waals surface area (Å²) in [4.78, 5) is 0. The van der Waals surface area contributed by atoms with Crippen LogP contribution in [0.15, 0.2) is 24.3 Å². The SMILES string of the molecule is CS(C)=S(=O)(Oc1ccc(F)cc1)C(F)(F)F. The molecule has 0 spiro atoms. The van der Waals surface area contributed by atoms with Crippen molar-refractivity contribution in [3.8, 4) is 5.75 Å². The summed E-state index contributed by atoms with van der Waals surface area (Å²) >= 11 is 0. The third kappa shape index (κ3) is 3.12. The maximum absolute atomic E-state index is 12.7. The molecule has 0 saturated heterocycles. The molecular weight excluding hydrogens is 280 g/mol. The van der Waals surface area contributed by atoms with Gasteiger partial charge in [-0.1, -0.05) is 9.45 Å². The second-order valence-electron chi connectivity index (χ2n) is 3.18. The van der Waals surface area contributed by atoms with Gasteiger partial charge in [0.15, 0.2) is 0 Å². The molecule has 0 saturated carbocycles. The Morgan fingerprint density at radius 1 is 1.18 bits per heavy atom. The van der Waals surface area contributed by atoms with Gasteiger partial charge in [-0.15, -0.1) is 0 Å². The largest absolute Gasteiger partial charge is 0.502 e. The summed E-state index contributed by atoms with van der Waals surface area (Å²) in [6.07, 6.45) is 2.36. The molecule has 0 fully saturated rings. The van der Waals surface area contributed by atoms with E-state index in [-0.39, 0.29) is 5.75 Å². The molecule has 0 bridgehead atoms. The summed E-state index contributed by atoms with van der Waals surface area (Å²) in [6, 6.07) is 3.89. The van der Waals surface area contributed by atoms with E-state index >= 15 is 0 Å². The van der Waals surface area contributed by atoms with Crippen molar-refractivity contribution in [2.75, 3.05) is 12.5 Å². The van der Waals surface area contributed by atoms with Crippen LogP contribution >= 0.6 is 0 Å². The van der Waals surface area contributed by atoms with E-state index in [1.54, 1.807) is 0 Å². The average molecular weight is 290 g/mol. The Labute approximate surface area is 98.4 Å². The third-order valence-electron chi connectivity index (χ3n) is 1.74. The number of hydrogen-bond donors (Lipinski definition) is 0. The Balaban J connectivity index is 3.20. The zero-order valence-electron chi connectivity index (χ0n) is 8.95. The fraction of sp³-hybridized carbons (Fsp3) is 0.333. The molecule has 0 heterocycles. The first-order valence-electron chi connectivity index (χ1n) is 4.30. The first kappa shape index (κ1) is 14.3. The predicted molar refractivity (Wildman–Crippen MR) is 60.4 cm³/mol. The minimum absolute atomic E-state index is 0.269. The van der Waals surface area contributed by atoms with Gasteiger partial charge in [0.2, 0.25) is 8.77 Å². The number of halogens is 4. The van der Waals surface area contributed by atoms with E-state index in [1.165, 1.54) is 12.5 Å². The van der Waals surface area contributed by atoms with Crippen molar-refractivity contribution in [1.29, 1.82) is 0 Å². The lowest BCUT2D eigenvalue weighted by molar-refractivity contribution is -0.0444. The molecule has 8 heteroatoms. The van der Waals surface area contributed by atoms with E-state index in [2.05, 4.69) is 4.18 Å². The van der Waals surface area contributed by atoms with Crippen LogP contribution in [-0.4, -0.2) is 22.2 Å². The molecule has 98 valence electrons. The standard InChI is InChI=1S/C9H10F4O2S2/c1-16(2)17(14,9(11,12)13)15-8-5-3-7(10)4-6-8/h3-6H,1-2H3. The van der Waals surface area contributed by atoms with Crippen molar-refractivity contribution >= 4 is 18.2 Å². The summed E-state index contributed by atoms with van der Waals surface area (Å²) < 4.78 is 66.8. The Morgan fingerprint density at radius 3 is 2.00 bits per heavy atom. The smallest absolute Gasteiger partial charge is 0.398 e. The van der Waals surface area contributed by atoms with Gasteiger partial charge in [0.25, 0.3) is 0 Å². The summed E-state index contributed by atoms with van der Waals surface area (Å²) in [6.45, 7) is 0. The summed E-state index contributed by atoms with van der Waals surface area (Å²) in [7, 11) is -5.99. The lowest BCUT2D eigenvalue weighted by atomic mass is 10.3. The zero-order chi connectivity index (χ0) is 13.3. The van der Waals surface area contributed by atoms with Crippen LogP contribution in [0.25, 0.3) is 0 Å². The molecule has 0 amide bonds. The van der Waals surface area contributed by atoms with Gasteiger partial charge in [-0.25, -0.2) is 8.60 Å². The number of rotatable bonds is 2. The van der Waals surface area contributed by atoms with Crippen molar-refractivity contribution in [2.45, 2.75) is 5.51 Å². The molecule has 0 aliphatic carbocycles. The van der Waals surface area contributed by atoms with E-state index in [0.29, 0.717) is 0 Å². The molecular formula is C9H10F4O2S2. The van der Waals surface area contributed by atoms with Crippen LogP contribution in [0.2, 0.25) is 0 Å². The normalized spacial score (nSPS) is 15.7. The third-order valence-corrected chi connectivity index (χ3v) is 7.00. The highest BCUT2D eigenvalue weighted by Crippen LogP contribution is 2.29. The molecule has 17 heavy (non-hydrogen) atoms. The van der Waals surface area contributed by atoms with Gasteiger partial charge < -0.3 is 4.18 Å². The zero-order valence-corrected chi connectivity index (χ0v) is 10.6. The molecule has 0 radical (unpaired) electrons. The monoisotopic (exact) mass is 290 g/mol. The summed E-state index contributed by atoms with van der Waals surface area (Å²) in [5, 5.41) is 0. The molecule has 0 aliphatic rings. The van der Waals surface area contributed by atoms with Crippen LogP contribution in [0.4, 0.5) is 17.6 Å². The molecule has 0 aliphatic heterocycles. The van der Waals surface area contributed by atoms with Gasteiger partial charge in [0, 0.05) is 0 Å². The molecule has 1 aromatic carbocycles. The van der Waals surface area contributed by atoms with E-state index in [9.17, 15) is 21.8 Å². The van der Waals surface area contributed by atoms with Crippen LogP contribution in [-0.2, 0) is 18.2 Å². The Bertz CT molecular complexity index is 509. The first-order valence-corrected chi connectivity index (χ1v) is 8.34. The maximum atomic E-state index is 12.7. The van der Waals surface area contributed by atoms with Crippen LogP contribution in [0.3, 0.4) is 0 Å². The van der Waals surface area contributed by atoms with E-state index in [1.807, 2.05) is 0 Å². The van der Waals surface area contributed by atoms with E-state index in [0.717, 1.165) is 24.3 Å². The quantitative estimate of drug-likeness (QED) is 0.783. The fourth-order valence-corrected chi connectivity index (χ4v) is 3.67. The summed E-state index contributed by atoms with van der Waals surface area (Å²) in [5.41, 5.74) is -4.95. The number of alkyl halides is 3. The minimum atomic E-state index is -4.95. The Hall–Kier alpha value is -0.760. The van der Waals surface area contributed by atoms with Crippen LogP contribution in [0, 0.1) is 5.82 Å². The van der Waals surface area contributed by atoms with Gasteiger partial charge >= 0.3 is 5.51 Å². The van der Waals surface area contributed by atoms with E-state index in [4.69, 9.17) is 0 Å². The van der Waals surface area contributed by atoms with Gasteiger partial charge in [-0.05, 0) is 36.8 Å². The Morgan fingerprint density at radius 2 is 1.65 bits per heavy atom. The molecule has 1 aromatic rings. The van der Waals surface area contributed by atoms with E-state index < -0.39 is 29.6 Å².